The number of oxime groups is 1. The molecule has 0 saturated carbocycles. The molecule has 0 aliphatic heterocycles. The largest absolute Gasteiger partial charge is 0.475 e. The highest BCUT2D eigenvalue weighted by Gasteiger charge is 2.27. The molecule has 0 bridgehead atoms. The van der Waals surface area contributed by atoms with Crippen molar-refractivity contribution in [1.29, 1.82) is 0 Å². The average molecular weight is 213 g/mol. The summed E-state index contributed by atoms with van der Waals surface area (Å²) in [5, 5.41) is 12.1. The molecule has 0 radical (unpaired) electrons. The maximum absolute atomic E-state index is 11.2. The molecule has 1 unspecified atom stereocenters. The first-order chi connectivity index (χ1) is 6.66. The summed E-state index contributed by atoms with van der Waals surface area (Å²) in [6.07, 6.45) is 6.26. The quantitative estimate of drug-likeness (QED) is 0.506. The molecule has 0 saturated heterocycles. The first-order valence-electron chi connectivity index (χ1n) is 3.90. The van der Waals surface area contributed by atoms with Crippen LogP contribution in [0.2, 0.25) is 0 Å². The molecule has 15 heavy (non-hydrogen) atoms. The number of nitrogens with zero attached hydrogens (tertiary/aromatic N) is 1. The van der Waals surface area contributed by atoms with Gasteiger partial charge in [0.2, 0.25) is 0 Å². The van der Waals surface area contributed by atoms with Crippen molar-refractivity contribution in [2.24, 2.45) is 11.1 Å². The summed E-state index contributed by atoms with van der Waals surface area (Å²) in [4.78, 5) is 26.1. The summed E-state index contributed by atoms with van der Waals surface area (Å²) in [6.45, 7) is 0. The first-order valence-corrected chi connectivity index (χ1v) is 3.90. The van der Waals surface area contributed by atoms with Crippen LogP contribution in [0.3, 0.4) is 0 Å². The molecular weight excluding hydrogens is 202 g/mol. The van der Waals surface area contributed by atoms with Gasteiger partial charge in [0.15, 0.2) is 0 Å². The Labute approximate surface area is 85.8 Å². The highest BCUT2D eigenvalue weighted by molar-refractivity contribution is 6.39. The van der Waals surface area contributed by atoms with Gasteiger partial charge in [-0.3, -0.25) is 4.79 Å². The van der Waals surface area contributed by atoms with Gasteiger partial charge in [-0.2, -0.15) is 0 Å². The number of carboxylic acids is 1. The molecule has 0 aromatic rings. The van der Waals surface area contributed by atoms with Crippen LogP contribution >= 0.6 is 0 Å². The number of allylic oxidation sites excluding steroid dienone is 4. The van der Waals surface area contributed by atoms with Crippen LogP contribution in [0.5, 0.6) is 0 Å². The smallest absolute Gasteiger partial charge is 0.373 e. The van der Waals surface area contributed by atoms with Crippen molar-refractivity contribution < 1.29 is 25.0 Å². The molecule has 6 heteroatoms. The van der Waals surface area contributed by atoms with E-state index in [4.69, 9.17) is 5.11 Å². The summed E-state index contributed by atoms with van der Waals surface area (Å²) in [5.41, 5.74) is 0.294. The Bertz CT molecular complexity index is 342. The van der Waals surface area contributed by atoms with Crippen LogP contribution in [0.15, 0.2) is 29.5 Å². The number of aliphatic carboxylic acids is 1. The number of Topliss-reactive ketones (excluding diaryl/α,β-unsaturated/α-hetero) is 1. The van der Waals surface area contributed by atoms with Crippen molar-refractivity contribution in [2.75, 3.05) is 7.11 Å². The fraction of sp³-hybridized carbons (Fsp3) is 0.222. The summed E-state index contributed by atoms with van der Waals surface area (Å²) < 4.78 is 0. The summed E-state index contributed by atoms with van der Waals surface area (Å²) >= 11 is 0. The molecule has 82 valence electrons. The molecule has 0 aromatic carbocycles. The van der Waals surface area contributed by atoms with Crippen molar-refractivity contribution in [3.05, 3.63) is 24.3 Å². The van der Waals surface area contributed by atoms with E-state index in [0.29, 0.717) is 5.71 Å². The Kier molecular flexibility index (Phi) is 4.97. The number of ketones is 1. The summed E-state index contributed by atoms with van der Waals surface area (Å²) in [6, 6.07) is 0. The van der Waals surface area contributed by atoms with E-state index < -0.39 is 17.7 Å². The number of hydrogen-bond acceptors (Lipinski definition) is 4. The number of carbonyl (C=O) groups excluding carboxylic acids is 1. The van der Waals surface area contributed by atoms with Crippen molar-refractivity contribution in [2.45, 2.75) is 0 Å². The monoisotopic (exact) mass is 213 g/mol. The highest BCUT2D eigenvalue weighted by Crippen LogP contribution is 2.11. The molecule has 0 heterocycles. The molecule has 6 nitrogen and oxygen atoms in total. The number of carbonyl (C=O) groups is 2. The lowest BCUT2D eigenvalue weighted by Crippen LogP contribution is -2.28. The van der Waals surface area contributed by atoms with E-state index in [-0.39, 0.29) is 5.48 Å². The van der Waals surface area contributed by atoms with Gasteiger partial charge in [-0.15, -0.1) is 0 Å². The molecule has 1 aliphatic carbocycles. The van der Waals surface area contributed by atoms with Gasteiger partial charge in [0.25, 0.3) is 5.78 Å². The summed E-state index contributed by atoms with van der Waals surface area (Å²) in [7, 11) is 1.33. The minimum absolute atomic E-state index is 0. The van der Waals surface area contributed by atoms with Crippen LogP contribution in [0.25, 0.3) is 0 Å². The number of rotatable bonds is 3. The third-order valence-electron chi connectivity index (χ3n) is 1.69. The van der Waals surface area contributed by atoms with E-state index in [0.717, 1.165) is 0 Å². The molecule has 0 spiro atoms. The van der Waals surface area contributed by atoms with Gasteiger partial charge < -0.3 is 15.4 Å². The van der Waals surface area contributed by atoms with Crippen LogP contribution in [0.4, 0.5) is 0 Å². The van der Waals surface area contributed by atoms with Crippen LogP contribution in [-0.2, 0) is 14.4 Å². The van der Waals surface area contributed by atoms with Crippen LogP contribution in [-0.4, -0.2) is 35.2 Å². The molecule has 1 aliphatic rings. The fourth-order valence-corrected chi connectivity index (χ4v) is 1.08. The zero-order valence-electron chi connectivity index (χ0n) is 8.01. The third kappa shape index (κ3) is 3.03. The third-order valence-corrected chi connectivity index (χ3v) is 1.69. The Morgan fingerprint density at radius 1 is 1.47 bits per heavy atom. The van der Waals surface area contributed by atoms with Crippen LogP contribution in [0.1, 0.15) is 0 Å². The van der Waals surface area contributed by atoms with E-state index >= 15 is 0 Å². The average Bonchev–Trinajstić information content (AvgIpc) is 2.18. The molecule has 1 atom stereocenters. The van der Waals surface area contributed by atoms with E-state index in [9.17, 15) is 9.59 Å². The van der Waals surface area contributed by atoms with E-state index in [1.54, 1.807) is 12.2 Å². The van der Waals surface area contributed by atoms with Gasteiger partial charge in [-0.05, 0) is 6.08 Å². The molecule has 0 amide bonds. The van der Waals surface area contributed by atoms with Crippen molar-refractivity contribution in [3.63, 3.8) is 0 Å². The van der Waals surface area contributed by atoms with Gasteiger partial charge in [0, 0.05) is 0 Å². The first kappa shape index (κ1) is 13.1. The van der Waals surface area contributed by atoms with Crippen molar-refractivity contribution in [1.82, 2.24) is 0 Å². The maximum atomic E-state index is 11.2. The lowest BCUT2D eigenvalue weighted by Gasteiger charge is -2.10. The minimum atomic E-state index is -1.47. The molecule has 0 aromatic heterocycles. The summed E-state index contributed by atoms with van der Waals surface area (Å²) in [5.74, 6) is -3.24. The zero-order valence-corrected chi connectivity index (χ0v) is 8.01. The molecule has 0 fully saturated rings. The van der Waals surface area contributed by atoms with E-state index in [1.165, 1.54) is 19.3 Å². The standard InChI is InChI=1S/C9H9NO4.H2O/c1-14-10-7-5-3-2-4-6(7)8(11)9(12)13;/h2-6H,1H3,(H,12,13);1H2. The molecule has 3 N–H and O–H groups in total. The predicted molar refractivity (Wildman–Crippen MR) is 52.5 cm³/mol. The van der Waals surface area contributed by atoms with Crippen molar-refractivity contribution >= 4 is 17.5 Å². The molecule has 1 rings (SSSR count). The fourth-order valence-electron chi connectivity index (χ4n) is 1.08. The van der Waals surface area contributed by atoms with Crippen molar-refractivity contribution in [3.8, 4) is 0 Å². The van der Waals surface area contributed by atoms with E-state index in [1.807, 2.05) is 0 Å². The number of hydrogen-bond donors (Lipinski definition) is 1. The Morgan fingerprint density at radius 2 is 2.13 bits per heavy atom. The second-order valence-corrected chi connectivity index (χ2v) is 2.59. The number of carboxylic acid groups (broad SMARTS) is 1. The molecular formula is C9H11NO5. The normalized spacial score (nSPS) is 20.9. The maximum Gasteiger partial charge on any atom is 0.373 e. The highest BCUT2D eigenvalue weighted by atomic mass is 16.6. The SMILES string of the molecule is CON=C1C=CC=CC1C(=O)C(=O)O.O. The minimum Gasteiger partial charge on any atom is -0.475 e. The second-order valence-electron chi connectivity index (χ2n) is 2.59. The van der Waals surface area contributed by atoms with Gasteiger partial charge in [-0.1, -0.05) is 23.4 Å². The predicted octanol–water partition coefficient (Wildman–Crippen LogP) is -0.440. The Hall–Kier alpha value is -1.95. The Morgan fingerprint density at radius 3 is 2.67 bits per heavy atom. The van der Waals surface area contributed by atoms with Gasteiger partial charge in [0.05, 0.1) is 11.6 Å². The zero-order chi connectivity index (χ0) is 10.6. The van der Waals surface area contributed by atoms with Gasteiger partial charge in [-0.25, -0.2) is 4.79 Å². The second kappa shape index (κ2) is 5.71. The van der Waals surface area contributed by atoms with Crippen LogP contribution in [0, 0.1) is 5.92 Å². The van der Waals surface area contributed by atoms with E-state index in [2.05, 4.69) is 9.99 Å². The lowest BCUT2D eigenvalue weighted by atomic mass is 9.94. The Balaban J connectivity index is 0.00000196. The van der Waals surface area contributed by atoms with Crippen LogP contribution < -0.4 is 0 Å². The topological polar surface area (TPSA) is 107 Å². The lowest BCUT2D eigenvalue weighted by molar-refractivity contribution is -0.149. The van der Waals surface area contributed by atoms with Gasteiger partial charge in [0.1, 0.15) is 7.11 Å². The van der Waals surface area contributed by atoms with Gasteiger partial charge >= 0.3 is 5.97 Å².